The molecule has 1 heterocycles. The van der Waals surface area contributed by atoms with Crippen molar-refractivity contribution in [2.24, 2.45) is 0 Å². The van der Waals surface area contributed by atoms with Crippen LogP contribution in [0.15, 0.2) is 59.3 Å². The molecule has 6 heteroatoms. The van der Waals surface area contributed by atoms with E-state index in [4.69, 9.17) is 13.9 Å². The Hall–Kier alpha value is -3.28. The van der Waals surface area contributed by atoms with Gasteiger partial charge >= 0.3 is 0 Å². The van der Waals surface area contributed by atoms with E-state index in [9.17, 15) is 4.79 Å². The van der Waals surface area contributed by atoms with Gasteiger partial charge in [-0.05, 0) is 55.5 Å². The van der Waals surface area contributed by atoms with E-state index < -0.39 is 0 Å². The Kier molecular flexibility index (Phi) is 4.99. The highest BCUT2D eigenvalue weighted by atomic mass is 16.5. The number of oxazole rings is 1. The van der Waals surface area contributed by atoms with Gasteiger partial charge < -0.3 is 19.2 Å². The number of nitrogens with one attached hydrogen (secondary N) is 1. The number of benzene rings is 2. The molecule has 0 fully saturated rings. The smallest absolute Gasteiger partial charge is 0.278 e. The number of ether oxygens (including phenoxy) is 2. The molecule has 0 aliphatic rings. The highest BCUT2D eigenvalue weighted by Gasteiger charge is 2.18. The zero-order chi connectivity index (χ0) is 17.6. The third-order valence-electron chi connectivity index (χ3n) is 3.56. The van der Waals surface area contributed by atoms with E-state index in [1.807, 2.05) is 19.1 Å². The van der Waals surface area contributed by atoms with Crippen molar-refractivity contribution in [2.75, 3.05) is 19.0 Å². The maximum absolute atomic E-state index is 12.5. The van der Waals surface area contributed by atoms with Crippen LogP contribution in [-0.2, 0) is 0 Å². The number of nitrogens with zero attached hydrogens (tertiary/aromatic N) is 1. The fourth-order valence-electron chi connectivity index (χ4n) is 2.35. The molecule has 3 rings (SSSR count). The summed E-state index contributed by atoms with van der Waals surface area (Å²) < 4.78 is 15.9. The van der Waals surface area contributed by atoms with E-state index in [-0.39, 0.29) is 11.6 Å². The van der Waals surface area contributed by atoms with E-state index in [1.54, 1.807) is 43.5 Å². The summed E-state index contributed by atoms with van der Waals surface area (Å²) in [7, 11) is 1.60. The van der Waals surface area contributed by atoms with Crippen molar-refractivity contribution in [3.63, 3.8) is 0 Å². The molecule has 1 amide bonds. The van der Waals surface area contributed by atoms with Crippen molar-refractivity contribution in [1.82, 2.24) is 4.98 Å². The molecule has 1 aromatic heterocycles. The van der Waals surface area contributed by atoms with Crippen LogP contribution in [0.5, 0.6) is 11.5 Å². The van der Waals surface area contributed by atoms with Gasteiger partial charge in [-0.1, -0.05) is 0 Å². The second kappa shape index (κ2) is 7.53. The summed E-state index contributed by atoms with van der Waals surface area (Å²) in [5, 5.41) is 2.80. The highest BCUT2D eigenvalue weighted by Crippen LogP contribution is 2.26. The fourth-order valence-corrected chi connectivity index (χ4v) is 2.35. The largest absolute Gasteiger partial charge is 0.497 e. The standard InChI is InChI=1S/C19H18N2O4/c1-3-24-16-10-6-14(7-11-16)21-19(22)17-18(25-12-20-17)13-4-8-15(23-2)9-5-13/h4-12H,3H2,1-2H3,(H,21,22). The average Bonchev–Trinajstić information content (AvgIpc) is 3.13. The van der Waals surface area contributed by atoms with Crippen molar-refractivity contribution in [1.29, 1.82) is 0 Å². The molecule has 0 saturated carbocycles. The zero-order valence-electron chi connectivity index (χ0n) is 14.0. The second-order valence-electron chi connectivity index (χ2n) is 5.17. The molecular formula is C19H18N2O4. The van der Waals surface area contributed by atoms with Crippen molar-refractivity contribution < 1.29 is 18.7 Å². The van der Waals surface area contributed by atoms with E-state index in [1.165, 1.54) is 6.39 Å². The van der Waals surface area contributed by atoms with Crippen LogP contribution in [0.2, 0.25) is 0 Å². The minimum absolute atomic E-state index is 0.221. The number of aromatic nitrogens is 1. The van der Waals surface area contributed by atoms with Gasteiger partial charge in [-0.15, -0.1) is 0 Å². The SMILES string of the molecule is CCOc1ccc(NC(=O)c2ncoc2-c2ccc(OC)cc2)cc1. The van der Waals surface area contributed by atoms with Crippen molar-refractivity contribution >= 4 is 11.6 Å². The van der Waals surface area contributed by atoms with Gasteiger partial charge in [-0.2, -0.15) is 0 Å². The topological polar surface area (TPSA) is 73.6 Å². The summed E-state index contributed by atoms with van der Waals surface area (Å²) in [6, 6.07) is 14.4. The Morgan fingerprint density at radius 3 is 2.40 bits per heavy atom. The molecule has 1 N–H and O–H groups in total. The van der Waals surface area contributed by atoms with E-state index in [2.05, 4.69) is 10.3 Å². The van der Waals surface area contributed by atoms with E-state index in [0.29, 0.717) is 18.1 Å². The molecule has 0 aliphatic heterocycles. The van der Waals surface area contributed by atoms with Crippen molar-refractivity contribution in [3.8, 4) is 22.8 Å². The minimum Gasteiger partial charge on any atom is -0.497 e. The summed E-state index contributed by atoms with van der Waals surface area (Å²) in [6.45, 7) is 2.51. The van der Waals surface area contributed by atoms with Crippen LogP contribution >= 0.6 is 0 Å². The van der Waals surface area contributed by atoms with Crippen molar-refractivity contribution in [2.45, 2.75) is 6.92 Å². The fraction of sp³-hybridized carbons (Fsp3) is 0.158. The molecule has 2 aromatic carbocycles. The number of hydrogen-bond donors (Lipinski definition) is 1. The quantitative estimate of drug-likeness (QED) is 0.735. The Morgan fingerprint density at radius 2 is 1.76 bits per heavy atom. The summed E-state index contributed by atoms with van der Waals surface area (Å²) in [5.41, 5.74) is 1.62. The number of hydrogen-bond acceptors (Lipinski definition) is 5. The predicted octanol–water partition coefficient (Wildman–Crippen LogP) is 4.00. The van der Waals surface area contributed by atoms with Crippen LogP contribution in [0, 0.1) is 0 Å². The lowest BCUT2D eigenvalue weighted by Gasteiger charge is -2.07. The molecule has 128 valence electrons. The molecule has 0 saturated heterocycles. The summed E-state index contributed by atoms with van der Waals surface area (Å²) in [5.74, 6) is 1.54. The first-order valence-corrected chi connectivity index (χ1v) is 7.83. The Bertz CT molecular complexity index is 839. The lowest BCUT2D eigenvalue weighted by molar-refractivity contribution is 0.102. The van der Waals surface area contributed by atoms with Crippen LogP contribution in [-0.4, -0.2) is 24.6 Å². The number of amides is 1. The van der Waals surface area contributed by atoms with Crippen molar-refractivity contribution in [3.05, 3.63) is 60.6 Å². The molecule has 0 atom stereocenters. The summed E-state index contributed by atoms with van der Waals surface area (Å²) >= 11 is 0. The average molecular weight is 338 g/mol. The van der Waals surface area contributed by atoms with Crippen LogP contribution in [0.3, 0.4) is 0 Å². The van der Waals surface area contributed by atoms with Gasteiger partial charge in [-0.3, -0.25) is 4.79 Å². The molecule has 0 unspecified atom stereocenters. The Morgan fingerprint density at radius 1 is 1.08 bits per heavy atom. The molecule has 0 radical (unpaired) electrons. The van der Waals surface area contributed by atoms with Crippen LogP contribution in [0.1, 0.15) is 17.4 Å². The summed E-state index contributed by atoms with van der Waals surface area (Å²) in [4.78, 5) is 16.6. The predicted molar refractivity (Wildman–Crippen MR) is 94.1 cm³/mol. The minimum atomic E-state index is -0.344. The van der Waals surface area contributed by atoms with Crippen LogP contribution in [0.4, 0.5) is 5.69 Å². The van der Waals surface area contributed by atoms with E-state index >= 15 is 0 Å². The first-order valence-electron chi connectivity index (χ1n) is 7.83. The van der Waals surface area contributed by atoms with E-state index in [0.717, 1.165) is 17.1 Å². The first kappa shape index (κ1) is 16.6. The number of rotatable bonds is 6. The lowest BCUT2D eigenvalue weighted by atomic mass is 10.1. The third-order valence-corrected chi connectivity index (χ3v) is 3.56. The monoisotopic (exact) mass is 338 g/mol. The number of carbonyl (C=O) groups is 1. The second-order valence-corrected chi connectivity index (χ2v) is 5.17. The van der Waals surface area contributed by atoms with Gasteiger partial charge in [-0.25, -0.2) is 4.98 Å². The first-order chi connectivity index (χ1) is 12.2. The maximum Gasteiger partial charge on any atom is 0.278 e. The van der Waals surface area contributed by atoms with Gasteiger partial charge in [0.05, 0.1) is 13.7 Å². The normalized spacial score (nSPS) is 10.3. The van der Waals surface area contributed by atoms with Gasteiger partial charge in [0.1, 0.15) is 11.5 Å². The van der Waals surface area contributed by atoms with Gasteiger partial charge in [0.25, 0.3) is 5.91 Å². The van der Waals surface area contributed by atoms with Crippen LogP contribution < -0.4 is 14.8 Å². The van der Waals surface area contributed by atoms with Crippen LogP contribution in [0.25, 0.3) is 11.3 Å². The zero-order valence-corrected chi connectivity index (χ0v) is 14.0. The van der Waals surface area contributed by atoms with Gasteiger partial charge in [0.2, 0.25) is 0 Å². The highest BCUT2D eigenvalue weighted by molar-refractivity contribution is 6.06. The molecular weight excluding hydrogens is 320 g/mol. The molecule has 0 spiro atoms. The Balaban J connectivity index is 1.77. The lowest BCUT2D eigenvalue weighted by Crippen LogP contribution is -2.13. The third kappa shape index (κ3) is 3.80. The molecule has 25 heavy (non-hydrogen) atoms. The molecule has 6 nitrogen and oxygen atoms in total. The number of carbonyl (C=O) groups excluding carboxylic acids is 1. The van der Waals surface area contributed by atoms with Gasteiger partial charge in [0.15, 0.2) is 17.8 Å². The number of anilines is 1. The Labute approximate surface area is 145 Å². The maximum atomic E-state index is 12.5. The number of methoxy groups -OCH3 is 1. The molecule has 3 aromatic rings. The van der Waals surface area contributed by atoms with Gasteiger partial charge in [0, 0.05) is 11.3 Å². The molecule has 0 aliphatic carbocycles. The molecule has 0 bridgehead atoms. The summed E-state index contributed by atoms with van der Waals surface area (Å²) in [6.07, 6.45) is 1.26.